The Hall–Kier alpha value is -3.97. The molecule has 3 aromatic carbocycles. The Bertz CT molecular complexity index is 1500. The van der Waals surface area contributed by atoms with Crippen LogP contribution in [-0.2, 0) is 4.79 Å². The van der Waals surface area contributed by atoms with E-state index in [1.807, 2.05) is 24.3 Å². The molecule has 1 aromatic heterocycles. The zero-order valence-corrected chi connectivity index (χ0v) is 20.7. The number of methoxy groups -OCH3 is 1. The number of hydrogen-bond acceptors (Lipinski definition) is 6. The maximum absolute atomic E-state index is 11.0. The highest BCUT2D eigenvalue weighted by Crippen LogP contribution is 2.34. The Kier molecular flexibility index (Phi) is 7.09. The Morgan fingerprint density at radius 3 is 2.53 bits per heavy atom. The van der Waals surface area contributed by atoms with Crippen LogP contribution in [-0.4, -0.2) is 39.7 Å². The van der Waals surface area contributed by atoms with Crippen molar-refractivity contribution in [3.63, 3.8) is 0 Å². The molecular weight excluding hydrogens is 470 g/mol. The molecule has 0 radical (unpaired) electrons. The van der Waals surface area contributed by atoms with E-state index in [0.717, 1.165) is 57.8 Å². The molecule has 0 unspecified atom stereocenters. The van der Waals surface area contributed by atoms with Gasteiger partial charge in [-0.3, -0.25) is 4.79 Å². The standard InChI is InChI=1S/C29H25N3O3S/c1-35-29-25(8-5-13-30-29)23-15-22(21-12-11-19-6-2-3-7-20(19)14-21)16-24(17-23)26-9-4-10-27(32-31-26)36-18-28(33)34/h2-3,5-8,11-17H,4,9-10,18H2,1H3,(H,33,34). The number of hydrogen-bond donors (Lipinski definition) is 1. The molecule has 0 spiro atoms. The highest BCUT2D eigenvalue weighted by Gasteiger charge is 2.16. The fourth-order valence-corrected chi connectivity index (χ4v) is 5.01. The molecule has 6 nitrogen and oxygen atoms in total. The number of carboxylic acid groups (broad SMARTS) is 1. The van der Waals surface area contributed by atoms with Crippen molar-refractivity contribution in [3.05, 3.63) is 84.6 Å². The number of carboxylic acids is 1. The summed E-state index contributed by atoms with van der Waals surface area (Å²) in [6.45, 7) is 0. The molecule has 1 N–H and O–H groups in total. The second kappa shape index (κ2) is 10.7. The van der Waals surface area contributed by atoms with Gasteiger partial charge in [-0.15, -0.1) is 5.10 Å². The highest BCUT2D eigenvalue weighted by atomic mass is 32.2. The molecule has 0 saturated carbocycles. The van der Waals surface area contributed by atoms with Crippen molar-refractivity contribution in [2.75, 3.05) is 12.9 Å². The van der Waals surface area contributed by atoms with Gasteiger partial charge in [0.2, 0.25) is 5.88 Å². The summed E-state index contributed by atoms with van der Waals surface area (Å²) < 4.78 is 5.55. The normalized spacial score (nSPS) is 13.6. The highest BCUT2D eigenvalue weighted by molar-refractivity contribution is 8.14. The topological polar surface area (TPSA) is 84.1 Å². The van der Waals surface area contributed by atoms with Crippen LogP contribution in [0.15, 0.2) is 89.2 Å². The Morgan fingerprint density at radius 2 is 1.69 bits per heavy atom. The van der Waals surface area contributed by atoms with Crippen molar-refractivity contribution >= 4 is 39.3 Å². The van der Waals surface area contributed by atoms with Gasteiger partial charge in [0, 0.05) is 11.8 Å². The zero-order valence-electron chi connectivity index (χ0n) is 19.8. The van der Waals surface area contributed by atoms with Crippen molar-refractivity contribution in [1.82, 2.24) is 4.98 Å². The van der Waals surface area contributed by atoms with Gasteiger partial charge in [-0.2, -0.15) is 5.10 Å². The van der Waals surface area contributed by atoms with E-state index >= 15 is 0 Å². The molecule has 180 valence electrons. The fourth-order valence-electron chi connectivity index (χ4n) is 4.33. The van der Waals surface area contributed by atoms with Crippen molar-refractivity contribution < 1.29 is 14.6 Å². The number of carbonyl (C=O) groups is 1. The average Bonchev–Trinajstić information content (AvgIpc) is 3.17. The number of nitrogens with zero attached hydrogens (tertiary/aromatic N) is 3. The van der Waals surface area contributed by atoms with Gasteiger partial charge in [0.25, 0.3) is 0 Å². The van der Waals surface area contributed by atoms with E-state index in [9.17, 15) is 4.79 Å². The van der Waals surface area contributed by atoms with Crippen LogP contribution >= 0.6 is 11.8 Å². The summed E-state index contributed by atoms with van der Waals surface area (Å²) in [7, 11) is 1.63. The lowest BCUT2D eigenvalue weighted by atomic mass is 9.92. The molecule has 0 saturated heterocycles. The van der Waals surface area contributed by atoms with Crippen LogP contribution in [0.25, 0.3) is 33.0 Å². The Morgan fingerprint density at radius 1 is 0.889 bits per heavy atom. The third kappa shape index (κ3) is 5.31. The number of aromatic nitrogens is 1. The van der Waals surface area contributed by atoms with E-state index in [-0.39, 0.29) is 5.75 Å². The first-order valence-electron chi connectivity index (χ1n) is 11.7. The van der Waals surface area contributed by atoms with Crippen LogP contribution in [0.5, 0.6) is 5.88 Å². The minimum Gasteiger partial charge on any atom is -0.481 e. The molecule has 0 fully saturated rings. The Balaban J connectivity index is 1.62. The third-order valence-corrected chi connectivity index (χ3v) is 7.08. The monoisotopic (exact) mass is 495 g/mol. The van der Waals surface area contributed by atoms with Crippen LogP contribution < -0.4 is 4.74 Å². The molecule has 0 aliphatic carbocycles. The van der Waals surface area contributed by atoms with E-state index < -0.39 is 5.97 Å². The van der Waals surface area contributed by atoms with Gasteiger partial charge in [-0.25, -0.2) is 4.98 Å². The van der Waals surface area contributed by atoms with Gasteiger partial charge in [0.15, 0.2) is 0 Å². The molecule has 0 atom stereocenters. The van der Waals surface area contributed by atoms with E-state index in [2.05, 4.69) is 63.7 Å². The Labute approximate surface area is 213 Å². The summed E-state index contributed by atoms with van der Waals surface area (Å²) in [6, 6.07) is 25.1. The van der Waals surface area contributed by atoms with Crippen LogP contribution in [0.2, 0.25) is 0 Å². The summed E-state index contributed by atoms with van der Waals surface area (Å²) >= 11 is 1.24. The maximum atomic E-state index is 11.0. The second-order valence-corrected chi connectivity index (χ2v) is 9.55. The molecule has 36 heavy (non-hydrogen) atoms. The number of ether oxygens (including phenoxy) is 1. The summed E-state index contributed by atoms with van der Waals surface area (Å²) in [4.78, 5) is 15.4. The predicted octanol–water partition coefficient (Wildman–Crippen LogP) is 6.68. The number of thioether (sulfide) groups is 1. The molecule has 0 bridgehead atoms. The van der Waals surface area contributed by atoms with Gasteiger partial charge in [0.1, 0.15) is 0 Å². The smallest absolute Gasteiger partial charge is 0.313 e. The molecule has 4 aromatic rings. The lowest BCUT2D eigenvalue weighted by Crippen LogP contribution is -2.02. The van der Waals surface area contributed by atoms with Crippen molar-refractivity contribution in [1.29, 1.82) is 0 Å². The van der Waals surface area contributed by atoms with Crippen molar-refractivity contribution in [3.8, 4) is 28.1 Å². The van der Waals surface area contributed by atoms with E-state index in [1.165, 1.54) is 22.5 Å². The minimum absolute atomic E-state index is 0.00785. The number of aliphatic carboxylic acids is 1. The van der Waals surface area contributed by atoms with E-state index in [0.29, 0.717) is 5.88 Å². The number of fused-ring (bicyclic) bond motifs is 1. The number of benzene rings is 3. The van der Waals surface area contributed by atoms with Gasteiger partial charge in [-0.05, 0) is 88.7 Å². The molecule has 0 amide bonds. The second-order valence-electron chi connectivity index (χ2n) is 8.50. The van der Waals surface area contributed by atoms with Gasteiger partial charge >= 0.3 is 5.97 Å². The molecule has 5 rings (SSSR count). The third-order valence-electron chi connectivity index (χ3n) is 6.07. The number of rotatable bonds is 6. The largest absolute Gasteiger partial charge is 0.481 e. The van der Waals surface area contributed by atoms with Crippen molar-refractivity contribution in [2.24, 2.45) is 10.2 Å². The van der Waals surface area contributed by atoms with E-state index in [4.69, 9.17) is 9.84 Å². The van der Waals surface area contributed by atoms with Gasteiger partial charge in [-0.1, -0.05) is 48.2 Å². The minimum atomic E-state index is -0.853. The first-order chi connectivity index (χ1) is 17.6. The van der Waals surface area contributed by atoms with Crippen LogP contribution in [0.3, 0.4) is 0 Å². The zero-order chi connectivity index (χ0) is 24.9. The quantitative estimate of drug-likeness (QED) is 0.322. The summed E-state index contributed by atoms with van der Waals surface area (Å²) in [6.07, 6.45) is 4.05. The van der Waals surface area contributed by atoms with E-state index in [1.54, 1.807) is 13.3 Å². The average molecular weight is 496 g/mol. The first kappa shape index (κ1) is 23.8. The molecule has 1 aliphatic rings. The van der Waals surface area contributed by atoms with Crippen LogP contribution in [0, 0.1) is 0 Å². The molecule has 1 aliphatic heterocycles. The lowest BCUT2D eigenvalue weighted by molar-refractivity contribution is -0.133. The SMILES string of the molecule is COc1ncccc1-c1cc(C2=NN=C(SCC(=O)O)CCC2)cc(-c2ccc3ccccc3c2)c1. The van der Waals surface area contributed by atoms with Gasteiger partial charge < -0.3 is 9.84 Å². The summed E-state index contributed by atoms with van der Waals surface area (Å²) in [5, 5.41) is 21.1. The van der Waals surface area contributed by atoms with Crippen molar-refractivity contribution in [2.45, 2.75) is 19.3 Å². The van der Waals surface area contributed by atoms with Gasteiger partial charge in [0.05, 0.1) is 23.6 Å². The maximum Gasteiger partial charge on any atom is 0.313 e. The fraction of sp³-hybridized carbons (Fsp3) is 0.172. The number of pyridine rings is 1. The van der Waals surface area contributed by atoms with Crippen LogP contribution in [0.4, 0.5) is 0 Å². The predicted molar refractivity (Wildman–Crippen MR) is 147 cm³/mol. The molecular formula is C29H25N3O3S. The summed E-state index contributed by atoms with van der Waals surface area (Å²) in [5.74, 6) is -0.298. The molecule has 2 heterocycles. The lowest BCUT2D eigenvalue weighted by Gasteiger charge is -2.13. The summed E-state index contributed by atoms with van der Waals surface area (Å²) in [5.41, 5.74) is 5.92. The molecule has 7 heteroatoms. The van der Waals surface area contributed by atoms with Crippen LogP contribution in [0.1, 0.15) is 24.8 Å². The first-order valence-corrected chi connectivity index (χ1v) is 12.7.